The molecule has 0 aliphatic heterocycles. The first-order chi connectivity index (χ1) is 15.3. The van der Waals surface area contributed by atoms with E-state index in [1.807, 2.05) is 60.7 Å². The Morgan fingerprint density at radius 1 is 0.839 bits per heavy atom. The van der Waals surface area contributed by atoms with Gasteiger partial charge in [0.1, 0.15) is 17.8 Å². The molecule has 7 nitrogen and oxygen atoms in total. The molecule has 0 radical (unpaired) electrons. The van der Waals surface area contributed by atoms with Crippen molar-refractivity contribution in [2.45, 2.75) is 6.54 Å². The molecule has 0 amide bonds. The highest BCUT2D eigenvalue weighted by atomic mass is 16.5. The summed E-state index contributed by atoms with van der Waals surface area (Å²) in [5, 5.41) is 9.54. The van der Waals surface area contributed by atoms with E-state index in [2.05, 4.69) is 26.9 Å². The summed E-state index contributed by atoms with van der Waals surface area (Å²) in [7, 11) is 1.64. The Hall–Kier alpha value is -4.26. The lowest BCUT2D eigenvalue weighted by molar-refractivity contribution is 0.415. The average molecular weight is 407 g/mol. The number of para-hydroxylation sites is 3. The van der Waals surface area contributed by atoms with Gasteiger partial charge in [0.15, 0.2) is 5.65 Å². The third-order valence-electron chi connectivity index (χ3n) is 5.35. The number of nitrogens with zero attached hydrogens (tertiary/aromatic N) is 5. The van der Waals surface area contributed by atoms with Gasteiger partial charge in [-0.25, -0.2) is 9.97 Å². The summed E-state index contributed by atoms with van der Waals surface area (Å²) < 4.78 is 13.3. The van der Waals surface area contributed by atoms with Crippen molar-refractivity contribution < 1.29 is 9.15 Å². The summed E-state index contributed by atoms with van der Waals surface area (Å²) in [4.78, 5) is 9.77. The van der Waals surface area contributed by atoms with E-state index >= 15 is 0 Å². The molecule has 3 aromatic heterocycles. The van der Waals surface area contributed by atoms with E-state index in [9.17, 15) is 0 Å². The molecule has 6 aromatic rings. The Balaban J connectivity index is 1.46. The topological polar surface area (TPSA) is 78.9 Å². The standard InChI is InChI=1S/C24H17N5O2/c1-30-16-12-10-15(11-13-16)24-28-27-21(31-24)14-29-20-9-5-2-6-17(20)22-23(29)26-19-8-4-3-7-18(19)25-22/h2-13H,14H2,1H3. The Bertz CT molecular complexity index is 1550. The predicted octanol–water partition coefficient (Wildman–Crippen LogP) is 4.84. The first-order valence-electron chi connectivity index (χ1n) is 9.91. The Morgan fingerprint density at radius 3 is 2.39 bits per heavy atom. The second-order valence-corrected chi connectivity index (χ2v) is 7.22. The van der Waals surface area contributed by atoms with Gasteiger partial charge in [0.05, 0.1) is 23.7 Å². The maximum absolute atomic E-state index is 5.97. The van der Waals surface area contributed by atoms with Gasteiger partial charge in [-0.3, -0.25) is 0 Å². The number of aromatic nitrogens is 5. The molecular formula is C24H17N5O2. The van der Waals surface area contributed by atoms with Crippen molar-refractivity contribution in [1.82, 2.24) is 24.7 Å². The van der Waals surface area contributed by atoms with E-state index in [4.69, 9.17) is 19.1 Å². The molecule has 0 saturated carbocycles. The maximum Gasteiger partial charge on any atom is 0.247 e. The summed E-state index contributed by atoms with van der Waals surface area (Å²) in [6.07, 6.45) is 0. The molecule has 150 valence electrons. The molecule has 6 rings (SSSR count). The zero-order valence-corrected chi connectivity index (χ0v) is 16.7. The lowest BCUT2D eigenvalue weighted by atomic mass is 10.2. The van der Waals surface area contributed by atoms with Crippen LogP contribution in [0.2, 0.25) is 0 Å². The van der Waals surface area contributed by atoms with E-state index < -0.39 is 0 Å². The van der Waals surface area contributed by atoms with Gasteiger partial charge in [-0.2, -0.15) is 0 Å². The van der Waals surface area contributed by atoms with Crippen LogP contribution in [-0.4, -0.2) is 31.8 Å². The lowest BCUT2D eigenvalue weighted by Crippen LogP contribution is -2.01. The highest BCUT2D eigenvalue weighted by molar-refractivity contribution is 6.06. The van der Waals surface area contributed by atoms with Gasteiger partial charge < -0.3 is 13.7 Å². The van der Waals surface area contributed by atoms with Crippen molar-refractivity contribution in [2.75, 3.05) is 7.11 Å². The second-order valence-electron chi connectivity index (χ2n) is 7.22. The summed E-state index contributed by atoms with van der Waals surface area (Å²) in [6.45, 7) is 0.403. The Labute approximate surface area is 176 Å². The van der Waals surface area contributed by atoms with Gasteiger partial charge in [-0.05, 0) is 42.5 Å². The minimum Gasteiger partial charge on any atom is -0.497 e. The van der Waals surface area contributed by atoms with Crippen LogP contribution < -0.4 is 4.74 Å². The summed E-state index contributed by atoms with van der Waals surface area (Å²) >= 11 is 0. The zero-order valence-electron chi connectivity index (χ0n) is 16.7. The van der Waals surface area contributed by atoms with Crippen LogP contribution in [0.4, 0.5) is 0 Å². The van der Waals surface area contributed by atoms with Crippen molar-refractivity contribution in [3.8, 4) is 17.2 Å². The molecule has 0 spiro atoms. The SMILES string of the molecule is COc1ccc(-c2nnc(Cn3c4ccccc4c4nc5ccccc5nc43)o2)cc1. The Kier molecular flexibility index (Phi) is 3.92. The molecular weight excluding hydrogens is 390 g/mol. The lowest BCUT2D eigenvalue weighted by Gasteiger charge is -2.04. The number of hydrogen-bond acceptors (Lipinski definition) is 6. The van der Waals surface area contributed by atoms with E-state index in [0.717, 1.165) is 44.4 Å². The van der Waals surface area contributed by atoms with E-state index in [1.165, 1.54) is 0 Å². The monoisotopic (exact) mass is 407 g/mol. The van der Waals surface area contributed by atoms with E-state index in [-0.39, 0.29) is 0 Å². The molecule has 3 heterocycles. The highest BCUT2D eigenvalue weighted by Gasteiger charge is 2.17. The first-order valence-corrected chi connectivity index (χ1v) is 9.91. The van der Waals surface area contributed by atoms with Crippen LogP contribution in [0.5, 0.6) is 5.75 Å². The minimum absolute atomic E-state index is 0.403. The third kappa shape index (κ3) is 2.90. The number of rotatable bonds is 4. The maximum atomic E-state index is 5.97. The van der Waals surface area contributed by atoms with Crippen LogP contribution in [0.15, 0.2) is 77.2 Å². The van der Waals surface area contributed by atoms with Crippen molar-refractivity contribution in [3.63, 3.8) is 0 Å². The van der Waals surface area contributed by atoms with Crippen molar-refractivity contribution in [2.24, 2.45) is 0 Å². The van der Waals surface area contributed by atoms with Crippen molar-refractivity contribution >= 4 is 33.1 Å². The number of benzene rings is 3. The number of hydrogen-bond donors (Lipinski definition) is 0. The fourth-order valence-electron chi connectivity index (χ4n) is 3.85. The minimum atomic E-state index is 0.403. The van der Waals surface area contributed by atoms with Crippen LogP contribution >= 0.6 is 0 Å². The van der Waals surface area contributed by atoms with Crippen molar-refractivity contribution in [3.05, 3.63) is 78.7 Å². The van der Waals surface area contributed by atoms with Crippen LogP contribution in [0.25, 0.3) is 44.6 Å². The quantitative estimate of drug-likeness (QED) is 0.416. The number of ether oxygens (including phenoxy) is 1. The molecule has 0 aliphatic carbocycles. The number of fused-ring (bicyclic) bond motifs is 4. The average Bonchev–Trinajstić information content (AvgIpc) is 3.41. The fourth-order valence-corrected chi connectivity index (χ4v) is 3.85. The zero-order chi connectivity index (χ0) is 20.8. The second kappa shape index (κ2) is 6.91. The Morgan fingerprint density at radius 2 is 1.58 bits per heavy atom. The van der Waals surface area contributed by atoms with Gasteiger partial charge in [-0.1, -0.05) is 30.3 Å². The third-order valence-corrected chi connectivity index (χ3v) is 5.35. The highest BCUT2D eigenvalue weighted by Crippen LogP contribution is 2.29. The van der Waals surface area contributed by atoms with Gasteiger partial charge in [0, 0.05) is 10.9 Å². The molecule has 0 bridgehead atoms. The largest absolute Gasteiger partial charge is 0.497 e. The number of methoxy groups -OCH3 is 1. The fraction of sp³-hybridized carbons (Fsp3) is 0.0833. The summed E-state index contributed by atoms with van der Waals surface area (Å²) in [5.74, 6) is 1.75. The molecule has 3 aromatic carbocycles. The molecule has 0 unspecified atom stereocenters. The van der Waals surface area contributed by atoms with Gasteiger partial charge in [0.2, 0.25) is 11.8 Å². The van der Waals surface area contributed by atoms with Gasteiger partial charge >= 0.3 is 0 Å². The van der Waals surface area contributed by atoms with Crippen LogP contribution in [0, 0.1) is 0 Å². The summed E-state index contributed by atoms with van der Waals surface area (Å²) in [6, 6.07) is 23.6. The molecule has 0 atom stereocenters. The van der Waals surface area contributed by atoms with E-state index in [0.29, 0.717) is 18.3 Å². The van der Waals surface area contributed by atoms with Crippen LogP contribution in [0.1, 0.15) is 5.89 Å². The smallest absolute Gasteiger partial charge is 0.247 e. The van der Waals surface area contributed by atoms with Crippen LogP contribution in [0.3, 0.4) is 0 Å². The normalized spacial score (nSPS) is 11.5. The molecule has 31 heavy (non-hydrogen) atoms. The molecule has 0 saturated heterocycles. The summed E-state index contributed by atoms with van der Waals surface area (Å²) in [5.41, 5.74) is 5.25. The van der Waals surface area contributed by atoms with E-state index in [1.54, 1.807) is 7.11 Å². The van der Waals surface area contributed by atoms with Crippen LogP contribution in [-0.2, 0) is 6.54 Å². The van der Waals surface area contributed by atoms with Gasteiger partial charge in [0.25, 0.3) is 0 Å². The predicted molar refractivity (Wildman–Crippen MR) is 118 cm³/mol. The molecule has 0 N–H and O–H groups in total. The molecule has 0 fully saturated rings. The van der Waals surface area contributed by atoms with Crippen molar-refractivity contribution in [1.29, 1.82) is 0 Å². The van der Waals surface area contributed by atoms with Gasteiger partial charge in [-0.15, -0.1) is 10.2 Å². The molecule has 7 heteroatoms. The first kappa shape index (κ1) is 17.6. The molecule has 0 aliphatic rings.